The molecule has 0 bridgehead atoms. The van der Waals surface area contributed by atoms with Crippen LogP contribution < -0.4 is 5.32 Å². The summed E-state index contributed by atoms with van der Waals surface area (Å²) in [6.45, 7) is 4.25. The van der Waals surface area contributed by atoms with Crippen LogP contribution in [-0.2, 0) is 6.54 Å². The van der Waals surface area contributed by atoms with Gasteiger partial charge in [-0.05, 0) is 38.1 Å². The van der Waals surface area contributed by atoms with Gasteiger partial charge < -0.3 is 10.2 Å². The predicted octanol–water partition coefficient (Wildman–Crippen LogP) is 0.347. The minimum absolute atomic E-state index is 0.0155. The maximum absolute atomic E-state index is 12.8. The van der Waals surface area contributed by atoms with Crippen molar-refractivity contribution in [3.8, 4) is 0 Å². The van der Waals surface area contributed by atoms with Gasteiger partial charge in [0.2, 0.25) is 0 Å². The van der Waals surface area contributed by atoms with Crippen molar-refractivity contribution in [2.24, 2.45) is 5.92 Å². The SMILES string of the molecule is O=C(c1cn(C2CCCNC2)nn1)N1CCCC(Cn2ccnn2)C1. The fourth-order valence-electron chi connectivity index (χ4n) is 3.77. The Hall–Kier alpha value is -2.29. The van der Waals surface area contributed by atoms with Crippen molar-refractivity contribution in [3.05, 3.63) is 24.3 Å². The highest BCUT2D eigenvalue weighted by Gasteiger charge is 2.27. The van der Waals surface area contributed by atoms with E-state index in [2.05, 4.69) is 25.9 Å². The Labute approximate surface area is 146 Å². The summed E-state index contributed by atoms with van der Waals surface area (Å²) >= 11 is 0. The summed E-state index contributed by atoms with van der Waals surface area (Å²) in [4.78, 5) is 14.7. The van der Waals surface area contributed by atoms with E-state index in [1.807, 2.05) is 20.5 Å². The number of carbonyl (C=O) groups excluding carboxylic acids is 1. The fraction of sp³-hybridized carbons (Fsp3) is 0.688. The number of carbonyl (C=O) groups is 1. The first-order valence-corrected chi connectivity index (χ1v) is 9.05. The lowest BCUT2D eigenvalue weighted by Crippen LogP contribution is -2.41. The molecule has 2 aliphatic heterocycles. The van der Waals surface area contributed by atoms with Crippen LogP contribution in [-0.4, -0.2) is 67.0 Å². The summed E-state index contributed by atoms with van der Waals surface area (Å²) in [6.07, 6.45) is 9.67. The van der Waals surface area contributed by atoms with Gasteiger partial charge in [0.25, 0.3) is 5.91 Å². The summed E-state index contributed by atoms with van der Waals surface area (Å²) in [5.41, 5.74) is 0.451. The Morgan fingerprint density at radius 3 is 3.04 bits per heavy atom. The molecule has 0 aromatic carbocycles. The summed E-state index contributed by atoms with van der Waals surface area (Å²) < 4.78 is 3.68. The average molecular weight is 344 g/mol. The Kier molecular flexibility index (Phi) is 4.73. The minimum atomic E-state index is -0.0155. The second-order valence-electron chi connectivity index (χ2n) is 6.97. The van der Waals surface area contributed by atoms with Crippen molar-refractivity contribution in [1.29, 1.82) is 0 Å². The van der Waals surface area contributed by atoms with Crippen molar-refractivity contribution in [2.75, 3.05) is 26.2 Å². The second kappa shape index (κ2) is 7.30. The molecular formula is C16H24N8O. The number of nitrogens with one attached hydrogen (secondary N) is 1. The largest absolute Gasteiger partial charge is 0.337 e. The van der Waals surface area contributed by atoms with Gasteiger partial charge in [-0.2, -0.15) is 0 Å². The predicted molar refractivity (Wildman–Crippen MR) is 89.8 cm³/mol. The van der Waals surface area contributed by atoms with Gasteiger partial charge in [-0.1, -0.05) is 10.4 Å². The molecule has 2 aliphatic rings. The fourth-order valence-corrected chi connectivity index (χ4v) is 3.77. The Morgan fingerprint density at radius 1 is 1.28 bits per heavy atom. The molecule has 9 nitrogen and oxygen atoms in total. The van der Waals surface area contributed by atoms with Crippen molar-refractivity contribution >= 4 is 5.91 Å². The van der Waals surface area contributed by atoms with E-state index in [-0.39, 0.29) is 5.91 Å². The Morgan fingerprint density at radius 2 is 2.24 bits per heavy atom. The highest BCUT2D eigenvalue weighted by Crippen LogP contribution is 2.20. The molecular weight excluding hydrogens is 320 g/mol. The first-order valence-electron chi connectivity index (χ1n) is 9.05. The van der Waals surface area contributed by atoms with E-state index in [4.69, 9.17) is 0 Å². The molecule has 0 radical (unpaired) electrons. The molecule has 4 heterocycles. The topological polar surface area (TPSA) is 93.8 Å². The molecule has 9 heteroatoms. The normalized spacial score (nSPS) is 24.4. The second-order valence-corrected chi connectivity index (χ2v) is 6.97. The number of likely N-dealkylation sites (tertiary alicyclic amines) is 1. The lowest BCUT2D eigenvalue weighted by molar-refractivity contribution is 0.0653. The van der Waals surface area contributed by atoms with Gasteiger partial charge in [0.05, 0.1) is 18.4 Å². The molecule has 2 aromatic heterocycles. The number of piperidine rings is 2. The van der Waals surface area contributed by atoms with Gasteiger partial charge in [0, 0.05) is 32.4 Å². The third-order valence-corrected chi connectivity index (χ3v) is 5.10. The molecule has 2 atom stereocenters. The van der Waals surface area contributed by atoms with E-state index in [1.54, 1.807) is 12.4 Å². The quantitative estimate of drug-likeness (QED) is 0.860. The van der Waals surface area contributed by atoms with Gasteiger partial charge in [-0.25, -0.2) is 4.68 Å². The molecule has 0 aliphatic carbocycles. The minimum Gasteiger partial charge on any atom is -0.337 e. The summed E-state index contributed by atoms with van der Waals surface area (Å²) in [7, 11) is 0. The number of amides is 1. The van der Waals surface area contributed by atoms with E-state index in [1.165, 1.54) is 0 Å². The zero-order valence-electron chi connectivity index (χ0n) is 14.3. The highest BCUT2D eigenvalue weighted by atomic mass is 16.2. The Bertz CT molecular complexity index is 691. The van der Waals surface area contributed by atoms with Crippen LogP contribution in [0.15, 0.2) is 18.6 Å². The highest BCUT2D eigenvalue weighted by molar-refractivity contribution is 5.92. The molecule has 1 amide bonds. The number of nitrogens with zero attached hydrogens (tertiary/aromatic N) is 7. The van der Waals surface area contributed by atoms with Gasteiger partial charge in [-0.15, -0.1) is 10.2 Å². The van der Waals surface area contributed by atoms with Gasteiger partial charge >= 0.3 is 0 Å². The van der Waals surface area contributed by atoms with Crippen molar-refractivity contribution in [1.82, 2.24) is 40.2 Å². The van der Waals surface area contributed by atoms with Crippen LogP contribution in [0.3, 0.4) is 0 Å². The van der Waals surface area contributed by atoms with Crippen molar-refractivity contribution < 1.29 is 4.79 Å². The number of aromatic nitrogens is 6. The third kappa shape index (κ3) is 3.71. The van der Waals surface area contributed by atoms with Crippen LogP contribution in [0.5, 0.6) is 0 Å². The van der Waals surface area contributed by atoms with Gasteiger partial charge in [0.1, 0.15) is 0 Å². The summed E-state index contributed by atoms with van der Waals surface area (Å²) in [6, 6.07) is 0.296. The smallest absolute Gasteiger partial charge is 0.276 e. The number of hydrogen-bond acceptors (Lipinski definition) is 6. The first-order chi connectivity index (χ1) is 12.3. The van der Waals surface area contributed by atoms with E-state index >= 15 is 0 Å². The van der Waals surface area contributed by atoms with Gasteiger partial charge in [0.15, 0.2) is 5.69 Å². The molecule has 1 N–H and O–H groups in total. The monoisotopic (exact) mass is 344 g/mol. The average Bonchev–Trinajstić information content (AvgIpc) is 3.34. The van der Waals surface area contributed by atoms with Crippen molar-refractivity contribution in [2.45, 2.75) is 38.3 Å². The lowest BCUT2D eigenvalue weighted by Gasteiger charge is -2.32. The maximum Gasteiger partial charge on any atom is 0.276 e. The summed E-state index contributed by atoms with van der Waals surface area (Å²) in [5.74, 6) is 0.385. The molecule has 2 aromatic rings. The van der Waals surface area contributed by atoms with Crippen LogP contribution in [0.2, 0.25) is 0 Å². The molecule has 2 unspecified atom stereocenters. The third-order valence-electron chi connectivity index (χ3n) is 5.10. The van der Waals surface area contributed by atoms with E-state index in [0.29, 0.717) is 17.7 Å². The van der Waals surface area contributed by atoms with Crippen LogP contribution in [0.1, 0.15) is 42.2 Å². The van der Waals surface area contributed by atoms with Crippen molar-refractivity contribution in [3.63, 3.8) is 0 Å². The van der Waals surface area contributed by atoms with E-state index in [0.717, 1.165) is 58.4 Å². The van der Waals surface area contributed by atoms with Crippen LogP contribution in [0.4, 0.5) is 0 Å². The molecule has 2 fully saturated rings. The molecule has 0 spiro atoms. The maximum atomic E-state index is 12.8. The van der Waals surface area contributed by atoms with Gasteiger partial charge in [-0.3, -0.25) is 9.48 Å². The molecule has 0 saturated carbocycles. The molecule has 25 heavy (non-hydrogen) atoms. The lowest BCUT2D eigenvalue weighted by atomic mass is 9.98. The molecule has 4 rings (SSSR count). The Balaban J connectivity index is 1.39. The molecule has 134 valence electrons. The first kappa shape index (κ1) is 16.2. The zero-order valence-corrected chi connectivity index (χ0v) is 14.3. The standard InChI is InChI=1S/C16H24N8O/c25-16(15-12-24(21-19-15)14-4-1-5-17-9-14)22-7-2-3-13(10-22)11-23-8-6-18-20-23/h6,8,12-14,17H,1-5,7,9-11H2. The van der Waals surface area contributed by atoms with E-state index < -0.39 is 0 Å². The number of hydrogen-bond donors (Lipinski definition) is 1. The summed E-state index contributed by atoms with van der Waals surface area (Å²) in [5, 5.41) is 19.6. The van der Waals surface area contributed by atoms with Crippen LogP contribution in [0.25, 0.3) is 0 Å². The van der Waals surface area contributed by atoms with Crippen LogP contribution in [0, 0.1) is 5.92 Å². The van der Waals surface area contributed by atoms with Crippen LogP contribution >= 0.6 is 0 Å². The molecule has 2 saturated heterocycles. The zero-order chi connectivity index (χ0) is 17.1. The number of rotatable bonds is 4. The van der Waals surface area contributed by atoms with E-state index in [9.17, 15) is 4.79 Å².